The van der Waals surface area contributed by atoms with Gasteiger partial charge in [-0.25, -0.2) is 0 Å². The van der Waals surface area contributed by atoms with Crippen LogP contribution in [-0.4, -0.2) is 10.9 Å². The maximum absolute atomic E-state index is 12.8. The molecule has 0 aromatic heterocycles. The SMILES string of the molecule is O=C(c1ccccc1C1CCCCC1)C(O)c1ccccc1. The van der Waals surface area contributed by atoms with E-state index in [1.807, 2.05) is 36.4 Å². The fourth-order valence-corrected chi connectivity index (χ4v) is 3.42. The van der Waals surface area contributed by atoms with Crippen LogP contribution in [-0.2, 0) is 0 Å². The molecule has 2 heteroatoms. The number of aliphatic hydroxyl groups is 1. The predicted molar refractivity (Wildman–Crippen MR) is 88.0 cm³/mol. The topological polar surface area (TPSA) is 37.3 Å². The number of aliphatic hydroxyl groups excluding tert-OH is 1. The lowest BCUT2D eigenvalue weighted by Gasteiger charge is -2.24. The van der Waals surface area contributed by atoms with Gasteiger partial charge in [0, 0.05) is 5.56 Å². The molecule has 1 atom stereocenters. The molecule has 1 aliphatic rings. The monoisotopic (exact) mass is 294 g/mol. The Morgan fingerprint density at radius 2 is 1.55 bits per heavy atom. The third kappa shape index (κ3) is 3.12. The van der Waals surface area contributed by atoms with Crippen LogP contribution in [0.1, 0.15) is 65.6 Å². The van der Waals surface area contributed by atoms with E-state index in [2.05, 4.69) is 6.07 Å². The largest absolute Gasteiger partial charge is 0.380 e. The second kappa shape index (κ2) is 6.89. The lowest BCUT2D eigenvalue weighted by atomic mass is 9.80. The zero-order valence-electron chi connectivity index (χ0n) is 12.7. The molecule has 0 heterocycles. The van der Waals surface area contributed by atoms with Crippen molar-refractivity contribution < 1.29 is 9.90 Å². The molecule has 1 N–H and O–H groups in total. The van der Waals surface area contributed by atoms with E-state index in [9.17, 15) is 9.90 Å². The highest BCUT2D eigenvalue weighted by Crippen LogP contribution is 2.35. The van der Waals surface area contributed by atoms with E-state index in [0.29, 0.717) is 17.0 Å². The second-order valence-corrected chi connectivity index (χ2v) is 6.10. The third-order valence-electron chi connectivity index (χ3n) is 4.63. The van der Waals surface area contributed by atoms with E-state index >= 15 is 0 Å². The van der Waals surface area contributed by atoms with Crippen molar-refractivity contribution in [3.05, 3.63) is 71.3 Å². The Balaban J connectivity index is 1.89. The highest BCUT2D eigenvalue weighted by Gasteiger charge is 2.25. The van der Waals surface area contributed by atoms with Gasteiger partial charge in [0.15, 0.2) is 5.78 Å². The maximum Gasteiger partial charge on any atom is 0.196 e. The van der Waals surface area contributed by atoms with Gasteiger partial charge >= 0.3 is 0 Å². The number of hydrogen-bond acceptors (Lipinski definition) is 2. The molecule has 0 spiro atoms. The average Bonchev–Trinajstić information content (AvgIpc) is 2.62. The van der Waals surface area contributed by atoms with Gasteiger partial charge in [-0.2, -0.15) is 0 Å². The van der Waals surface area contributed by atoms with E-state index < -0.39 is 6.10 Å². The number of benzene rings is 2. The first-order valence-electron chi connectivity index (χ1n) is 8.13. The van der Waals surface area contributed by atoms with Crippen LogP contribution in [0, 0.1) is 0 Å². The van der Waals surface area contributed by atoms with Crippen LogP contribution in [0.25, 0.3) is 0 Å². The highest BCUT2D eigenvalue weighted by atomic mass is 16.3. The van der Waals surface area contributed by atoms with Gasteiger partial charge in [-0.05, 0) is 29.9 Å². The number of Topliss-reactive ketones (excluding diaryl/α,β-unsaturated/α-hetero) is 1. The molecule has 1 unspecified atom stereocenters. The standard InChI is InChI=1S/C20H22O2/c21-19(16-11-5-2-6-12-16)20(22)18-14-8-7-13-17(18)15-9-3-1-4-10-15/h2,5-8,11-15,19,21H,1,3-4,9-10H2. The summed E-state index contributed by atoms with van der Waals surface area (Å²) in [7, 11) is 0. The molecule has 1 saturated carbocycles. The van der Waals surface area contributed by atoms with E-state index in [-0.39, 0.29) is 5.78 Å². The van der Waals surface area contributed by atoms with Crippen molar-refractivity contribution in [2.75, 3.05) is 0 Å². The number of carbonyl (C=O) groups excluding carboxylic acids is 1. The van der Waals surface area contributed by atoms with Gasteiger partial charge in [-0.3, -0.25) is 4.79 Å². The van der Waals surface area contributed by atoms with Crippen LogP contribution in [0.5, 0.6) is 0 Å². The van der Waals surface area contributed by atoms with Crippen molar-refractivity contribution in [2.24, 2.45) is 0 Å². The summed E-state index contributed by atoms with van der Waals surface area (Å²) in [6, 6.07) is 17.0. The quantitative estimate of drug-likeness (QED) is 0.833. The Bertz CT molecular complexity index is 627. The normalized spacial score (nSPS) is 17.1. The Labute approximate surface area is 131 Å². The molecular weight excluding hydrogens is 272 g/mol. The van der Waals surface area contributed by atoms with Gasteiger partial charge in [0.25, 0.3) is 0 Å². The van der Waals surface area contributed by atoms with E-state index in [1.54, 1.807) is 12.1 Å². The van der Waals surface area contributed by atoms with Crippen LogP contribution < -0.4 is 0 Å². The van der Waals surface area contributed by atoms with Gasteiger partial charge < -0.3 is 5.11 Å². The fraction of sp³-hybridized carbons (Fsp3) is 0.350. The first kappa shape index (κ1) is 15.0. The van der Waals surface area contributed by atoms with E-state index in [1.165, 1.54) is 19.3 Å². The fourth-order valence-electron chi connectivity index (χ4n) is 3.42. The smallest absolute Gasteiger partial charge is 0.196 e. The van der Waals surface area contributed by atoms with Crippen LogP contribution >= 0.6 is 0 Å². The number of hydrogen-bond donors (Lipinski definition) is 1. The summed E-state index contributed by atoms with van der Waals surface area (Å²) in [5.41, 5.74) is 2.46. The first-order valence-corrected chi connectivity index (χ1v) is 8.13. The van der Waals surface area contributed by atoms with Crippen molar-refractivity contribution >= 4 is 5.78 Å². The van der Waals surface area contributed by atoms with Crippen molar-refractivity contribution in [3.8, 4) is 0 Å². The molecule has 1 fully saturated rings. The molecule has 0 saturated heterocycles. The minimum atomic E-state index is -1.08. The van der Waals surface area contributed by atoms with Gasteiger partial charge in [0.1, 0.15) is 6.10 Å². The van der Waals surface area contributed by atoms with Crippen LogP contribution in [0.4, 0.5) is 0 Å². The molecule has 22 heavy (non-hydrogen) atoms. The zero-order chi connectivity index (χ0) is 15.4. The maximum atomic E-state index is 12.8. The van der Waals surface area contributed by atoms with Gasteiger partial charge in [0.05, 0.1) is 0 Å². The Morgan fingerprint density at radius 3 is 2.27 bits per heavy atom. The molecule has 3 rings (SSSR count). The van der Waals surface area contributed by atoms with Crippen molar-refractivity contribution in [1.82, 2.24) is 0 Å². The van der Waals surface area contributed by atoms with Gasteiger partial charge in [-0.1, -0.05) is 73.9 Å². The molecule has 0 radical (unpaired) electrons. The lowest BCUT2D eigenvalue weighted by molar-refractivity contribution is 0.0745. The molecule has 2 nitrogen and oxygen atoms in total. The number of ketones is 1. The first-order chi connectivity index (χ1) is 10.8. The third-order valence-corrected chi connectivity index (χ3v) is 4.63. The van der Waals surface area contributed by atoms with Gasteiger partial charge in [-0.15, -0.1) is 0 Å². The van der Waals surface area contributed by atoms with Crippen LogP contribution in [0.2, 0.25) is 0 Å². The summed E-state index contributed by atoms with van der Waals surface area (Å²) in [5, 5.41) is 10.4. The summed E-state index contributed by atoms with van der Waals surface area (Å²) in [6.45, 7) is 0. The van der Waals surface area contributed by atoms with Gasteiger partial charge in [0.2, 0.25) is 0 Å². The average molecular weight is 294 g/mol. The Kier molecular flexibility index (Phi) is 4.69. The summed E-state index contributed by atoms with van der Waals surface area (Å²) in [4.78, 5) is 12.8. The van der Waals surface area contributed by atoms with E-state index in [0.717, 1.165) is 18.4 Å². The molecule has 0 aliphatic heterocycles. The molecule has 114 valence electrons. The summed E-state index contributed by atoms with van der Waals surface area (Å²) in [6.07, 6.45) is 4.96. The summed E-state index contributed by atoms with van der Waals surface area (Å²) in [5.74, 6) is 0.268. The Hall–Kier alpha value is -1.93. The highest BCUT2D eigenvalue weighted by molar-refractivity contribution is 6.01. The number of rotatable bonds is 4. The zero-order valence-corrected chi connectivity index (χ0v) is 12.7. The van der Waals surface area contributed by atoms with E-state index in [4.69, 9.17) is 0 Å². The molecule has 0 bridgehead atoms. The minimum Gasteiger partial charge on any atom is -0.380 e. The minimum absolute atomic E-state index is 0.188. The summed E-state index contributed by atoms with van der Waals surface area (Å²) < 4.78 is 0. The second-order valence-electron chi connectivity index (χ2n) is 6.10. The Morgan fingerprint density at radius 1 is 0.909 bits per heavy atom. The lowest BCUT2D eigenvalue weighted by Crippen LogP contribution is -2.16. The molecule has 0 amide bonds. The van der Waals surface area contributed by atoms with Crippen molar-refractivity contribution in [2.45, 2.75) is 44.1 Å². The van der Waals surface area contributed by atoms with Crippen molar-refractivity contribution in [3.63, 3.8) is 0 Å². The van der Waals surface area contributed by atoms with Crippen LogP contribution in [0.15, 0.2) is 54.6 Å². The van der Waals surface area contributed by atoms with Crippen molar-refractivity contribution in [1.29, 1.82) is 0 Å². The molecule has 2 aromatic carbocycles. The molecule has 1 aliphatic carbocycles. The molecule has 2 aromatic rings. The predicted octanol–water partition coefficient (Wildman–Crippen LogP) is 4.65. The van der Waals surface area contributed by atoms with Crippen LogP contribution in [0.3, 0.4) is 0 Å². The number of carbonyl (C=O) groups is 1. The molecular formula is C20H22O2. The summed E-state index contributed by atoms with van der Waals surface area (Å²) >= 11 is 0.